The highest BCUT2D eigenvalue weighted by molar-refractivity contribution is 7.14. The fourth-order valence-electron chi connectivity index (χ4n) is 3.47. The van der Waals surface area contributed by atoms with Crippen LogP contribution in [0.4, 0.5) is 5.69 Å². The van der Waals surface area contributed by atoms with E-state index in [4.69, 9.17) is 4.74 Å². The van der Waals surface area contributed by atoms with E-state index in [0.717, 1.165) is 11.3 Å². The molecule has 1 saturated carbocycles. The Hall–Kier alpha value is -1.95. The summed E-state index contributed by atoms with van der Waals surface area (Å²) < 4.78 is 4.76. The molecule has 1 heterocycles. The lowest BCUT2D eigenvalue weighted by atomic mass is 9.93. The number of hydrogen-bond acceptors (Lipinski definition) is 5. The van der Waals surface area contributed by atoms with Crippen molar-refractivity contribution in [3.63, 3.8) is 0 Å². The number of anilines is 1. The van der Waals surface area contributed by atoms with E-state index in [1.807, 2.05) is 54.5 Å². The molecule has 2 aliphatic rings. The molecule has 5 nitrogen and oxygen atoms in total. The van der Waals surface area contributed by atoms with Gasteiger partial charge in [-0.3, -0.25) is 9.59 Å². The minimum atomic E-state index is -0.433. The van der Waals surface area contributed by atoms with Gasteiger partial charge in [0, 0.05) is 23.8 Å². The summed E-state index contributed by atoms with van der Waals surface area (Å²) in [4.78, 5) is 37.5. The monoisotopic (exact) mass is 481 g/mol. The summed E-state index contributed by atoms with van der Waals surface area (Å²) in [5.74, 6) is -0.196. The first-order valence-electron chi connectivity index (χ1n) is 12.6. The lowest BCUT2D eigenvalue weighted by Gasteiger charge is -2.30. The number of Topliss-reactive ketones (excluding diaryl/α,β-unsaturated/α-hetero) is 1. The molecule has 3 rings (SSSR count). The molecule has 2 aliphatic carbocycles. The maximum Gasteiger partial charge on any atom is 0.350 e. The van der Waals surface area contributed by atoms with Crippen LogP contribution in [0.25, 0.3) is 0 Å². The van der Waals surface area contributed by atoms with E-state index < -0.39 is 5.97 Å². The Morgan fingerprint density at radius 1 is 1.03 bits per heavy atom. The molecule has 0 aromatic carbocycles. The van der Waals surface area contributed by atoms with E-state index in [9.17, 15) is 14.4 Å². The highest BCUT2D eigenvalue weighted by Gasteiger charge is 2.28. The van der Waals surface area contributed by atoms with E-state index in [0.29, 0.717) is 36.2 Å². The molecule has 0 bridgehead atoms. The second-order valence-corrected chi connectivity index (χ2v) is 8.40. The van der Waals surface area contributed by atoms with Gasteiger partial charge in [-0.1, -0.05) is 53.2 Å². The average molecular weight is 482 g/mol. The zero-order valence-corrected chi connectivity index (χ0v) is 23.3. The zero-order chi connectivity index (χ0) is 25.8. The lowest BCUT2D eigenvalue weighted by Crippen LogP contribution is -2.37. The minimum absolute atomic E-state index is 0.0254. The summed E-state index contributed by atoms with van der Waals surface area (Å²) in [6.45, 7) is 16.1. The molecule has 190 valence electrons. The summed E-state index contributed by atoms with van der Waals surface area (Å²) in [6, 6.07) is 1.80. The van der Waals surface area contributed by atoms with E-state index >= 15 is 0 Å². The van der Waals surface area contributed by atoms with E-state index in [2.05, 4.69) is 13.0 Å². The van der Waals surface area contributed by atoms with Gasteiger partial charge >= 0.3 is 5.97 Å². The SMILES string of the molecule is CC.CC.CC.CC1=CCCCC1.COC(=O)c1sc(C)cc1N(C=O)C1CCC(=O)CC1. The molecule has 0 spiro atoms. The number of carbonyl (C=O) groups excluding carboxylic acids is 3. The second-order valence-electron chi connectivity index (χ2n) is 7.14. The van der Waals surface area contributed by atoms with Crippen molar-refractivity contribution in [1.82, 2.24) is 0 Å². The molecule has 0 radical (unpaired) electrons. The van der Waals surface area contributed by atoms with Gasteiger partial charge in [-0.25, -0.2) is 4.79 Å². The zero-order valence-electron chi connectivity index (χ0n) is 22.5. The van der Waals surface area contributed by atoms with Crippen molar-refractivity contribution in [2.24, 2.45) is 0 Å². The highest BCUT2D eigenvalue weighted by atomic mass is 32.1. The van der Waals surface area contributed by atoms with Crippen molar-refractivity contribution in [3.05, 3.63) is 27.5 Å². The normalized spacial score (nSPS) is 14.8. The molecule has 0 aliphatic heterocycles. The first-order chi connectivity index (χ1) is 16.0. The van der Waals surface area contributed by atoms with Crippen molar-refractivity contribution in [2.75, 3.05) is 12.0 Å². The van der Waals surface area contributed by atoms with Gasteiger partial charge in [0.05, 0.1) is 12.8 Å². The number of amides is 1. The van der Waals surface area contributed by atoms with Gasteiger partial charge in [0.25, 0.3) is 0 Å². The number of carbonyl (C=O) groups is 3. The molecular weight excluding hydrogens is 434 g/mol. The molecule has 33 heavy (non-hydrogen) atoms. The smallest absolute Gasteiger partial charge is 0.350 e. The van der Waals surface area contributed by atoms with Crippen LogP contribution in [-0.4, -0.2) is 31.3 Å². The van der Waals surface area contributed by atoms with Crippen LogP contribution in [0.2, 0.25) is 0 Å². The predicted octanol–water partition coefficient (Wildman–Crippen LogP) is 7.90. The van der Waals surface area contributed by atoms with Gasteiger partial charge in [0.2, 0.25) is 6.41 Å². The maximum atomic E-state index is 11.8. The highest BCUT2D eigenvalue weighted by Crippen LogP contribution is 2.33. The van der Waals surface area contributed by atoms with Gasteiger partial charge in [-0.05, 0) is 58.4 Å². The quantitative estimate of drug-likeness (QED) is 0.249. The first kappa shape index (κ1) is 33.2. The van der Waals surface area contributed by atoms with Crippen molar-refractivity contribution < 1.29 is 19.1 Å². The molecule has 6 heteroatoms. The number of methoxy groups -OCH3 is 1. The van der Waals surface area contributed by atoms with Crippen LogP contribution in [-0.2, 0) is 14.3 Å². The molecule has 0 saturated heterocycles. The Morgan fingerprint density at radius 2 is 1.61 bits per heavy atom. The molecule has 1 aromatic rings. The number of nitrogens with zero attached hydrogens (tertiary/aromatic N) is 1. The summed E-state index contributed by atoms with van der Waals surface area (Å²) in [5, 5.41) is 0. The fraction of sp³-hybridized carbons (Fsp3) is 0.667. The van der Waals surface area contributed by atoms with Crippen LogP contribution in [0.5, 0.6) is 0 Å². The third-order valence-electron chi connectivity index (χ3n) is 5.02. The molecule has 1 fully saturated rings. The number of hydrogen-bond donors (Lipinski definition) is 0. The van der Waals surface area contributed by atoms with Crippen LogP contribution in [0.1, 0.15) is 114 Å². The second kappa shape index (κ2) is 20.6. The number of thiophene rings is 1. The Labute approximate surface area is 206 Å². The first-order valence-corrected chi connectivity index (χ1v) is 13.4. The molecular formula is C27H47NO4S. The van der Waals surface area contributed by atoms with E-state index in [1.165, 1.54) is 44.1 Å². The fourth-order valence-corrected chi connectivity index (χ4v) is 4.40. The standard InChI is InChI=1S/C14H17NO4S.C7H12.3C2H6/c1-9-7-12(13(20-9)14(18)19-2)15(8-16)10-3-5-11(17)6-4-10;1-7-5-3-2-4-6-7;3*1-2/h7-8,10H,3-6H2,1-2H3;5H,2-4,6H2,1H3;3*1-2H3. The number of ether oxygens (including phenoxy) is 1. The van der Waals surface area contributed by atoms with Crippen LogP contribution < -0.4 is 4.90 Å². The van der Waals surface area contributed by atoms with Gasteiger partial charge < -0.3 is 9.64 Å². The number of rotatable bonds is 4. The van der Waals surface area contributed by atoms with Gasteiger partial charge in [0.1, 0.15) is 10.7 Å². The number of ketones is 1. The van der Waals surface area contributed by atoms with Gasteiger partial charge in [-0.15, -0.1) is 11.3 Å². The molecule has 1 amide bonds. The molecule has 0 N–H and O–H groups in total. The number of aryl methyl sites for hydroxylation is 1. The molecule has 1 aromatic heterocycles. The summed E-state index contributed by atoms with van der Waals surface area (Å²) in [5.41, 5.74) is 2.18. The largest absolute Gasteiger partial charge is 0.465 e. The van der Waals surface area contributed by atoms with E-state index in [1.54, 1.807) is 10.5 Å². The van der Waals surface area contributed by atoms with Crippen LogP contribution >= 0.6 is 11.3 Å². The Kier molecular flexibility index (Phi) is 20.8. The average Bonchev–Trinajstić information content (AvgIpc) is 3.26. The van der Waals surface area contributed by atoms with E-state index in [-0.39, 0.29) is 11.8 Å². The van der Waals surface area contributed by atoms with Crippen molar-refractivity contribution in [1.29, 1.82) is 0 Å². The molecule has 0 unspecified atom stereocenters. The van der Waals surface area contributed by atoms with Gasteiger partial charge in [-0.2, -0.15) is 0 Å². The van der Waals surface area contributed by atoms with Crippen LogP contribution in [0.15, 0.2) is 17.7 Å². The van der Waals surface area contributed by atoms with Crippen LogP contribution in [0.3, 0.4) is 0 Å². The third kappa shape index (κ3) is 12.2. The van der Waals surface area contributed by atoms with Crippen molar-refractivity contribution in [3.8, 4) is 0 Å². The Morgan fingerprint density at radius 3 is 2.00 bits per heavy atom. The third-order valence-corrected chi connectivity index (χ3v) is 6.04. The predicted molar refractivity (Wildman–Crippen MR) is 142 cm³/mol. The summed E-state index contributed by atoms with van der Waals surface area (Å²) in [6.07, 6.45) is 10.9. The Balaban J connectivity index is 0. The molecule has 0 atom stereocenters. The van der Waals surface area contributed by atoms with Crippen molar-refractivity contribution >= 4 is 35.2 Å². The topological polar surface area (TPSA) is 63.7 Å². The lowest BCUT2D eigenvalue weighted by molar-refractivity contribution is -0.121. The maximum absolute atomic E-state index is 11.8. The van der Waals surface area contributed by atoms with Crippen molar-refractivity contribution in [2.45, 2.75) is 113 Å². The van der Waals surface area contributed by atoms with Gasteiger partial charge in [0.15, 0.2) is 0 Å². The minimum Gasteiger partial charge on any atom is -0.465 e. The Bertz CT molecular complexity index is 699. The number of esters is 1. The summed E-state index contributed by atoms with van der Waals surface area (Å²) >= 11 is 1.31. The number of allylic oxidation sites excluding steroid dienone is 2. The van der Waals surface area contributed by atoms with Crippen LogP contribution in [0, 0.1) is 6.92 Å². The summed E-state index contributed by atoms with van der Waals surface area (Å²) in [7, 11) is 1.33.